The van der Waals surface area contributed by atoms with Crippen molar-refractivity contribution in [2.45, 2.75) is 12.8 Å². The van der Waals surface area contributed by atoms with Crippen molar-refractivity contribution in [1.29, 1.82) is 0 Å². The molecule has 1 fully saturated rings. The number of hydrogen-bond acceptors (Lipinski definition) is 6. The summed E-state index contributed by atoms with van der Waals surface area (Å²) in [7, 11) is 2.16. The van der Waals surface area contributed by atoms with Gasteiger partial charge >= 0.3 is 0 Å². The maximum atomic E-state index is 5.96. The molecule has 0 radical (unpaired) electrons. The highest BCUT2D eigenvalue weighted by atomic mass is 35.5. The molecule has 0 aliphatic carbocycles. The van der Waals surface area contributed by atoms with E-state index in [2.05, 4.69) is 37.3 Å². The highest BCUT2D eigenvalue weighted by Crippen LogP contribution is 2.17. The second-order valence-electron chi connectivity index (χ2n) is 5.31. The van der Waals surface area contributed by atoms with Crippen LogP contribution in [-0.4, -0.2) is 56.3 Å². The summed E-state index contributed by atoms with van der Waals surface area (Å²) in [6.07, 6.45) is 5.82. The molecule has 3 heterocycles. The molecule has 3 rings (SSSR count). The van der Waals surface area contributed by atoms with E-state index in [9.17, 15) is 0 Å². The van der Waals surface area contributed by atoms with Gasteiger partial charge in [-0.2, -0.15) is 20.1 Å². The van der Waals surface area contributed by atoms with Gasteiger partial charge in [-0.1, -0.05) is 0 Å². The molecule has 0 spiro atoms. The molecule has 1 aliphatic heterocycles. The highest BCUT2D eigenvalue weighted by molar-refractivity contribution is 6.28. The van der Waals surface area contributed by atoms with Gasteiger partial charge in [0, 0.05) is 18.9 Å². The van der Waals surface area contributed by atoms with Gasteiger partial charge in [-0.25, -0.2) is 4.68 Å². The van der Waals surface area contributed by atoms with Gasteiger partial charge in [0.2, 0.25) is 11.2 Å². The topological polar surface area (TPSA) is 71.8 Å². The molecule has 0 saturated carbocycles. The Morgan fingerprint density at radius 1 is 1.29 bits per heavy atom. The fourth-order valence-corrected chi connectivity index (χ4v) is 2.57. The highest BCUT2D eigenvalue weighted by Gasteiger charge is 2.17. The molecule has 7 nitrogen and oxygen atoms in total. The summed E-state index contributed by atoms with van der Waals surface area (Å²) in [5.41, 5.74) is 0. The predicted molar refractivity (Wildman–Crippen MR) is 80.7 cm³/mol. The summed E-state index contributed by atoms with van der Waals surface area (Å²) in [6, 6.07) is 1.81. The normalized spacial score (nSPS) is 17.0. The number of aromatic nitrogens is 5. The number of piperidine rings is 1. The Bertz CT molecular complexity index is 578. The van der Waals surface area contributed by atoms with E-state index in [0.717, 1.165) is 19.6 Å². The van der Waals surface area contributed by atoms with Crippen molar-refractivity contribution in [2.75, 3.05) is 32.0 Å². The second-order valence-corrected chi connectivity index (χ2v) is 5.64. The number of anilines is 1. The number of nitrogens with one attached hydrogen (secondary N) is 1. The minimum absolute atomic E-state index is 0.168. The molecule has 0 amide bonds. The first-order chi connectivity index (χ1) is 10.2. The fourth-order valence-electron chi connectivity index (χ4n) is 2.41. The van der Waals surface area contributed by atoms with E-state index in [0.29, 0.717) is 17.8 Å². The molecule has 0 unspecified atom stereocenters. The maximum Gasteiger partial charge on any atom is 0.256 e. The predicted octanol–water partition coefficient (Wildman–Crippen LogP) is 1.46. The van der Waals surface area contributed by atoms with Crippen LogP contribution in [0.25, 0.3) is 5.95 Å². The molecule has 0 atom stereocenters. The largest absolute Gasteiger partial charge is 0.354 e. The first-order valence-corrected chi connectivity index (χ1v) is 7.42. The average molecular weight is 308 g/mol. The standard InChI is InChI=1S/C13H18ClN7/c1-20-7-3-10(4-8-20)9-15-12-17-11(14)18-13(19-12)21-6-2-5-16-21/h2,5-6,10H,3-4,7-9H2,1H3,(H,15,17,18,19). The zero-order valence-electron chi connectivity index (χ0n) is 11.9. The van der Waals surface area contributed by atoms with Crippen molar-refractivity contribution in [3.05, 3.63) is 23.7 Å². The SMILES string of the molecule is CN1CCC(CNc2nc(Cl)nc(-n3cccn3)n2)CC1. The van der Waals surface area contributed by atoms with Crippen LogP contribution in [0.15, 0.2) is 18.5 Å². The van der Waals surface area contributed by atoms with Crippen molar-refractivity contribution < 1.29 is 0 Å². The van der Waals surface area contributed by atoms with Gasteiger partial charge in [0.05, 0.1) is 0 Å². The van der Waals surface area contributed by atoms with Crippen LogP contribution in [0, 0.1) is 5.92 Å². The average Bonchev–Trinajstić information content (AvgIpc) is 3.00. The Kier molecular flexibility index (Phi) is 4.31. The van der Waals surface area contributed by atoms with Crippen LogP contribution in [0.5, 0.6) is 0 Å². The number of rotatable bonds is 4. The number of hydrogen-bond donors (Lipinski definition) is 1. The van der Waals surface area contributed by atoms with Gasteiger partial charge in [-0.15, -0.1) is 0 Å². The van der Waals surface area contributed by atoms with Crippen LogP contribution in [0.3, 0.4) is 0 Å². The molecular weight excluding hydrogens is 290 g/mol. The lowest BCUT2D eigenvalue weighted by molar-refractivity contribution is 0.226. The van der Waals surface area contributed by atoms with Crippen LogP contribution in [0.1, 0.15) is 12.8 Å². The third-order valence-electron chi connectivity index (χ3n) is 3.69. The lowest BCUT2D eigenvalue weighted by atomic mass is 9.97. The van der Waals surface area contributed by atoms with Crippen LogP contribution in [0.2, 0.25) is 5.28 Å². The first kappa shape index (κ1) is 14.2. The van der Waals surface area contributed by atoms with Crippen LogP contribution in [0.4, 0.5) is 5.95 Å². The zero-order chi connectivity index (χ0) is 14.7. The molecule has 2 aromatic heterocycles. The maximum absolute atomic E-state index is 5.96. The molecule has 1 saturated heterocycles. The Balaban J connectivity index is 1.65. The van der Waals surface area contributed by atoms with Crippen LogP contribution in [-0.2, 0) is 0 Å². The summed E-state index contributed by atoms with van der Waals surface area (Å²) < 4.78 is 1.56. The minimum atomic E-state index is 0.168. The van der Waals surface area contributed by atoms with Gasteiger partial charge in [-0.3, -0.25) is 0 Å². The molecule has 1 aliphatic rings. The molecule has 0 aromatic carbocycles. The van der Waals surface area contributed by atoms with E-state index >= 15 is 0 Å². The van der Waals surface area contributed by atoms with E-state index in [4.69, 9.17) is 11.6 Å². The van der Waals surface area contributed by atoms with E-state index < -0.39 is 0 Å². The molecule has 0 bridgehead atoms. The lowest BCUT2D eigenvalue weighted by Gasteiger charge is -2.28. The Morgan fingerprint density at radius 3 is 2.81 bits per heavy atom. The van der Waals surface area contributed by atoms with Gasteiger partial charge in [0.1, 0.15) is 0 Å². The Labute approximate surface area is 128 Å². The van der Waals surface area contributed by atoms with Gasteiger partial charge < -0.3 is 10.2 Å². The summed E-state index contributed by atoms with van der Waals surface area (Å²) in [5.74, 6) is 1.56. The van der Waals surface area contributed by atoms with Gasteiger partial charge in [0.15, 0.2) is 0 Å². The van der Waals surface area contributed by atoms with Gasteiger partial charge in [-0.05, 0) is 56.6 Å². The lowest BCUT2D eigenvalue weighted by Crippen LogP contribution is -2.33. The van der Waals surface area contributed by atoms with Crippen molar-refractivity contribution in [2.24, 2.45) is 5.92 Å². The van der Waals surface area contributed by atoms with Crippen molar-refractivity contribution >= 4 is 17.5 Å². The number of likely N-dealkylation sites (tertiary alicyclic amines) is 1. The summed E-state index contributed by atoms with van der Waals surface area (Å²) in [5, 5.41) is 7.53. The molecular formula is C13H18ClN7. The fraction of sp³-hybridized carbons (Fsp3) is 0.538. The molecule has 8 heteroatoms. The van der Waals surface area contributed by atoms with Crippen LogP contribution < -0.4 is 5.32 Å². The summed E-state index contributed by atoms with van der Waals surface area (Å²) in [6.45, 7) is 3.14. The molecule has 2 aromatic rings. The number of nitrogens with zero attached hydrogens (tertiary/aromatic N) is 6. The zero-order valence-corrected chi connectivity index (χ0v) is 12.7. The molecule has 21 heavy (non-hydrogen) atoms. The third kappa shape index (κ3) is 3.68. The van der Waals surface area contributed by atoms with Crippen LogP contribution >= 0.6 is 11.6 Å². The van der Waals surface area contributed by atoms with Crippen molar-refractivity contribution in [3.8, 4) is 5.95 Å². The smallest absolute Gasteiger partial charge is 0.256 e. The Morgan fingerprint density at radius 2 is 2.10 bits per heavy atom. The monoisotopic (exact) mass is 307 g/mol. The van der Waals surface area contributed by atoms with Crippen molar-refractivity contribution in [3.63, 3.8) is 0 Å². The van der Waals surface area contributed by atoms with E-state index in [-0.39, 0.29) is 5.28 Å². The quantitative estimate of drug-likeness (QED) is 0.922. The minimum Gasteiger partial charge on any atom is -0.354 e. The van der Waals surface area contributed by atoms with Gasteiger partial charge in [0.25, 0.3) is 5.95 Å². The summed E-state index contributed by atoms with van der Waals surface area (Å²) >= 11 is 5.96. The summed E-state index contributed by atoms with van der Waals surface area (Å²) in [4.78, 5) is 14.9. The Hall–Kier alpha value is -1.73. The molecule has 1 N–H and O–H groups in total. The van der Waals surface area contributed by atoms with E-state index in [1.54, 1.807) is 17.1 Å². The van der Waals surface area contributed by atoms with E-state index in [1.807, 2.05) is 6.07 Å². The first-order valence-electron chi connectivity index (χ1n) is 7.05. The van der Waals surface area contributed by atoms with E-state index in [1.165, 1.54) is 12.8 Å². The van der Waals surface area contributed by atoms with Crippen molar-refractivity contribution in [1.82, 2.24) is 29.6 Å². The molecule has 112 valence electrons. The second kappa shape index (κ2) is 6.36. The third-order valence-corrected chi connectivity index (χ3v) is 3.86. The number of halogens is 1.